The third kappa shape index (κ3) is 2.79. The minimum Gasteiger partial charge on any atom is -0.330 e. The minimum absolute atomic E-state index is 0.439. The van der Waals surface area contributed by atoms with Gasteiger partial charge in [-0.1, -0.05) is 35.0 Å². The van der Waals surface area contributed by atoms with Crippen LogP contribution in [0.25, 0.3) is 10.4 Å². The van der Waals surface area contributed by atoms with Gasteiger partial charge < -0.3 is 5.73 Å². The fourth-order valence-electron chi connectivity index (χ4n) is 1.64. The van der Waals surface area contributed by atoms with Gasteiger partial charge in [0.1, 0.15) is 0 Å². The lowest BCUT2D eigenvalue weighted by atomic mass is 10.0. The molecular weight excluding hydrogens is 294 g/mol. The molecule has 0 bridgehead atoms. The summed E-state index contributed by atoms with van der Waals surface area (Å²) < 4.78 is 1.16. The predicted molar refractivity (Wildman–Crippen MR) is 79.7 cm³/mol. The smallest absolute Gasteiger partial charge is 0.0346 e. The molecule has 2 N–H and O–H groups in total. The summed E-state index contributed by atoms with van der Waals surface area (Å²) in [5, 5.41) is 2.21. The molecule has 1 atom stereocenters. The van der Waals surface area contributed by atoms with E-state index >= 15 is 0 Å². The summed E-state index contributed by atoms with van der Waals surface area (Å²) in [6.45, 7) is 4.97. The average Bonchev–Trinajstić information content (AvgIpc) is 2.81. The lowest BCUT2D eigenvalue weighted by Crippen LogP contribution is -2.07. The van der Waals surface area contributed by atoms with Crippen molar-refractivity contribution in [2.24, 2.45) is 5.73 Å². The highest BCUT2D eigenvalue weighted by atomic mass is 79.9. The highest BCUT2D eigenvalue weighted by Crippen LogP contribution is 2.32. The highest BCUT2D eigenvalue weighted by Gasteiger charge is 2.08. The van der Waals surface area contributed by atoms with Gasteiger partial charge in [-0.2, -0.15) is 0 Å². The monoisotopic (exact) mass is 309 g/mol. The largest absolute Gasteiger partial charge is 0.330 e. The van der Waals surface area contributed by atoms with Crippen LogP contribution >= 0.6 is 27.3 Å². The number of thiophene rings is 1. The SMILES string of the molecule is Cc1ccc(-c2cc(C(C)CN)cs2)cc1Br. The van der Waals surface area contributed by atoms with Gasteiger partial charge in [-0.3, -0.25) is 0 Å². The Morgan fingerprint density at radius 1 is 1.35 bits per heavy atom. The Balaban J connectivity index is 2.33. The van der Waals surface area contributed by atoms with Gasteiger partial charge in [-0.25, -0.2) is 0 Å². The summed E-state index contributed by atoms with van der Waals surface area (Å²) >= 11 is 5.36. The van der Waals surface area contributed by atoms with Gasteiger partial charge in [-0.05, 0) is 53.6 Å². The molecule has 0 aliphatic rings. The van der Waals surface area contributed by atoms with E-state index in [0.29, 0.717) is 12.5 Å². The van der Waals surface area contributed by atoms with E-state index in [9.17, 15) is 0 Å². The summed E-state index contributed by atoms with van der Waals surface area (Å²) in [6, 6.07) is 8.74. The number of nitrogens with two attached hydrogens (primary N) is 1. The van der Waals surface area contributed by atoms with Crippen LogP contribution in [-0.4, -0.2) is 6.54 Å². The predicted octanol–water partition coefficient (Wildman–Crippen LogP) is 4.55. The molecule has 1 aromatic carbocycles. The number of hydrogen-bond donors (Lipinski definition) is 1. The van der Waals surface area contributed by atoms with Crippen molar-refractivity contribution in [1.82, 2.24) is 0 Å². The normalized spacial score (nSPS) is 12.7. The quantitative estimate of drug-likeness (QED) is 0.884. The van der Waals surface area contributed by atoms with Crippen LogP contribution in [0.3, 0.4) is 0 Å². The second kappa shape index (κ2) is 5.34. The van der Waals surface area contributed by atoms with E-state index in [1.807, 2.05) is 0 Å². The Morgan fingerprint density at radius 2 is 2.12 bits per heavy atom. The summed E-state index contributed by atoms with van der Waals surface area (Å²) in [7, 11) is 0. The Morgan fingerprint density at radius 3 is 2.76 bits per heavy atom. The third-order valence-corrected chi connectivity index (χ3v) is 4.85. The summed E-state index contributed by atoms with van der Waals surface area (Å²) in [5.74, 6) is 0.439. The van der Waals surface area contributed by atoms with Crippen molar-refractivity contribution < 1.29 is 0 Å². The first-order valence-corrected chi connectivity index (χ1v) is 7.34. The van der Waals surface area contributed by atoms with Gasteiger partial charge in [0, 0.05) is 9.35 Å². The van der Waals surface area contributed by atoms with Crippen LogP contribution in [0.2, 0.25) is 0 Å². The zero-order chi connectivity index (χ0) is 12.4. The van der Waals surface area contributed by atoms with Crippen LogP contribution in [-0.2, 0) is 0 Å². The lowest BCUT2D eigenvalue weighted by Gasteiger charge is -2.04. The number of aryl methyl sites for hydroxylation is 1. The van der Waals surface area contributed by atoms with Crippen LogP contribution in [0.4, 0.5) is 0 Å². The van der Waals surface area contributed by atoms with E-state index in [-0.39, 0.29) is 0 Å². The number of rotatable bonds is 3. The topological polar surface area (TPSA) is 26.0 Å². The molecule has 0 amide bonds. The fraction of sp³-hybridized carbons (Fsp3) is 0.286. The first-order chi connectivity index (χ1) is 8.11. The molecule has 0 saturated heterocycles. The van der Waals surface area contributed by atoms with Crippen molar-refractivity contribution in [3.63, 3.8) is 0 Å². The molecule has 2 rings (SSSR count). The molecule has 0 aliphatic heterocycles. The van der Waals surface area contributed by atoms with E-state index in [1.165, 1.54) is 21.6 Å². The van der Waals surface area contributed by atoms with Crippen molar-refractivity contribution in [1.29, 1.82) is 0 Å². The number of halogens is 1. The van der Waals surface area contributed by atoms with Gasteiger partial charge >= 0.3 is 0 Å². The van der Waals surface area contributed by atoms with Crippen LogP contribution in [0.15, 0.2) is 34.1 Å². The van der Waals surface area contributed by atoms with Crippen LogP contribution in [0.1, 0.15) is 24.0 Å². The third-order valence-electron chi connectivity index (χ3n) is 3.00. The first kappa shape index (κ1) is 12.8. The Bertz CT molecular complexity index is 519. The van der Waals surface area contributed by atoms with E-state index in [0.717, 1.165) is 4.47 Å². The Kier molecular flexibility index (Phi) is 4.02. The van der Waals surface area contributed by atoms with E-state index in [1.54, 1.807) is 11.3 Å². The first-order valence-electron chi connectivity index (χ1n) is 5.67. The second-order valence-corrected chi connectivity index (χ2v) is 6.11. The molecule has 0 spiro atoms. The molecule has 0 fully saturated rings. The second-order valence-electron chi connectivity index (χ2n) is 4.35. The summed E-state index contributed by atoms with van der Waals surface area (Å²) in [4.78, 5) is 1.31. The molecule has 2 aromatic rings. The van der Waals surface area contributed by atoms with Crippen molar-refractivity contribution in [3.05, 3.63) is 45.2 Å². The highest BCUT2D eigenvalue weighted by molar-refractivity contribution is 9.10. The lowest BCUT2D eigenvalue weighted by molar-refractivity contribution is 0.778. The molecule has 1 aromatic heterocycles. The molecule has 0 aliphatic carbocycles. The van der Waals surface area contributed by atoms with Crippen LogP contribution in [0.5, 0.6) is 0 Å². The molecule has 1 unspecified atom stereocenters. The van der Waals surface area contributed by atoms with Crippen LogP contribution in [0, 0.1) is 6.92 Å². The molecule has 1 heterocycles. The molecule has 3 heteroatoms. The van der Waals surface area contributed by atoms with Gasteiger partial charge in [-0.15, -0.1) is 11.3 Å². The van der Waals surface area contributed by atoms with Crippen LogP contribution < -0.4 is 5.73 Å². The Hall–Kier alpha value is -0.640. The Labute approximate surface area is 115 Å². The maximum Gasteiger partial charge on any atom is 0.0346 e. The molecule has 0 radical (unpaired) electrons. The van der Waals surface area contributed by atoms with Crippen molar-refractivity contribution in [3.8, 4) is 10.4 Å². The molecular formula is C14H16BrNS. The maximum atomic E-state index is 5.69. The zero-order valence-corrected chi connectivity index (χ0v) is 12.4. The van der Waals surface area contributed by atoms with E-state index < -0.39 is 0 Å². The van der Waals surface area contributed by atoms with Crippen molar-refractivity contribution in [2.75, 3.05) is 6.54 Å². The van der Waals surface area contributed by atoms with Crippen molar-refractivity contribution in [2.45, 2.75) is 19.8 Å². The van der Waals surface area contributed by atoms with Gasteiger partial charge in [0.05, 0.1) is 0 Å². The standard InChI is InChI=1S/C14H16BrNS/c1-9-3-4-11(5-13(9)15)14-6-12(8-17-14)10(2)7-16/h3-6,8,10H,7,16H2,1-2H3. The van der Waals surface area contributed by atoms with Gasteiger partial charge in [0.15, 0.2) is 0 Å². The minimum atomic E-state index is 0.439. The van der Waals surface area contributed by atoms with E-state index in [2.05, 4.69) is 59.4 Å². The average molecular weight is 310 g/mol. The number of hydrogen-bond acceptors (Lipinski definition) is 2. The van der Waals surface area contributed by atoms with Gasteiger partial charge in [0.2, 0.25) is 0 Å². The molecule has 17 heavy (non-hydrogen) atoms. The van der Waals surface area contributed by atoms with Gasteiger partial charge in [0.25, 0.3) is 0 Å². The summed E-state index contributed by atoms with van der Waals surface area (Å²) in [6.07, 6.45) is 0. The maximum absolute atomic E-state index is 5.69. The zero-order valence-electron chi connectivity index (χ0n) is 10.0. The molecule has 90 valence electrons. The van der Waals surface area contributed by atoms with Crippen molar-refractivity contribution >= 4 is 27.3 Å². The molecule has 0 saturated carbocycles. The number of benzene rings is 1. The fourth-order valence-corrected chi connectivity index (χ4v) is 3.05. The van der Waals surface area contributed by atoms with E-state index in [4.69, 9.17) is 5.73 Å². The summed E-state index contributed by atoms with van der Waals surface area (Å²) in [5.41, 5.74) is 9.56. The molecule has 1 nitrogen and oxygen atoms in total.